The van der Waals surface area contributed by atoms with Crippen LogP contribution in [-0.4, -0.2) is 7.11 Å². The van der Waals surface area contributed by atoms with Crippen LogP contribution in [0.5, 0.6) is 5.75 Å². The lowest BCUT2D eigenvalue weighted by Gasteiger charge is -2.14. The number of hydrogen-bond acceptors (Lipinski definition) is 3. The summed E-state index contributed by atoms with van der Waals surface area (Å²) < 4.78 is 10.3. The molecule has 3 heteroatoms. The van der Waals surface area contributed by atoms with Crippen LogP contribution in [-0.2, 0) is 6.54 Å². The van der Waals surface area contributed by atoms with Gasteiger partial charge in [-0.25, -0.2) is 0 Å². The summed E-state index contributed by atoms with van der Waals surface area (Å²) in [5, 5.41) is 5.93. The lowest BCUT2D eigenvalue weighted by atomic mass is 10.0. The minimum absolute atomic E-state index is 0.284. The van der Waals surface area contributed by atoms with Gasteiger partial charge in [-0.15, -0.1) is 0 Å². The Morgan fingerprint density at radius 3 is 2.67 bits per heavy atom. The van der Waals surface area contributed by atoms with Crippen molar-refractivity contribution in [3.8, 4) is 5.75 Å². The van der Waals surface area contributed by atoms with Crippen LogP contribution in [0.2, 0.25) is 0 Å². The maximum Gasteiger partial charge on any atom is 0.119 e. The van der Waals surface area contributed by atoms with Crippen molar-refractivity contribution in [2.75, 3.05) is 7.11 Å². The van der Waals surface area contributed by atoms with Gasteiger partial charge in [-0.3, -0.25) is 0 Å². The molecule has 108 valence electrons. The molecule has 1 atom stereocenters. The molecule has 1 N–H and O–H groups in total. The van der Waals surface area contributed by atoms with Crippen LogP contribution < -0.4 is 10.1 Å². The standard InChI is InChI=1S/C18H19NO2/c1-13(19-11-14-7-8-21-12-14)15-3-4-17-10-18(20-2)6-5-16(17)9-15/h3-10,12-13,19H,11H2,1-2H3. The molecule has 0 aliphatic rings. The highest BCUT2D eigenvalue weighted by atomic mass is 16.5. The largest absolute Gasteiger partial charge is 0.497 e. The number of fused-ring (bicyclic) bond motifs is 1. The van der Waals surface area contributed by atoms with Gasteiger partial charge in [-0.2, -0.15) is 0 Å². The molecular formula is C18H19NO2. The Kier molecular flexibility index (Phi) is 3.93. The van der Waals surface area contributed by atoms with Crippen LogP contribution in [0, 0.1) is 0 Å². The minimum atomic E-state index is 0.284. The molecule has 1 heterocycles. The molecular weight excluding hydrogens is 262 g/mol. The van der Waals surface area contributed by atoms with Crippen LogP contribution in [0.15, 0.2) is 59.4 Å². The molecule has 0 amide bonds. The Balaban J connectivity index is 1.76. The number of hydrogen-bond donors (Lipinski definition) is 1. The van der Waals surface area contributed by atoms with E-state index in [1.165, 1.54) is 16.3 Å². The van der Waals surface area contributed by atoms with Crippen molar-refractivity contribution in [1.29, 1.82) is 0 Å². The molecule has 0 aliphatic carbocycles. The molecule has 0 aliphatic heterocycles. The third-order valence-corrected chi connectivity index (χ3v) is 3.76. The number of ether oxygens (including phenoxy) is 1. The summed E-state index contributed by atoms with van der Waals surface area (Å²) >= 11 is 0. The Morgan fingerprint density at radius 2 is 1.90 bits per heavy atom. The van der Waals surface area contributed by atoms with Crippen molar-refractivity contribution in [2.45, 2.75) is 19.5 Å². The summed E-state index contributed by atoms with van der Waals surface area (Å²) in [6.07, 6.45) is 3.47. The summed E-state index contributed by atoms with van der Waals surface area (Å²) in [6.45, 7) is 2.98. The van der Waals surface area contributed by atoms with Crippen LogP contribution in [0.3, 0.4) is 0 Å². The Bertz CT molecular complexity index is 719. The number of furan rings is 1. The monoisotopic (exact) mass is 281 g/mol. The van der Waals surface area contributed by atoms with Gasteiger partial charge in [-0.05, 0) is 47.5 Å². The minimum Gasteiger partial charge on any atom is -0.497 e. The predicted molar refractivity (Wildman–Crippen MR) is 84.5 cm³/mol. The summed E-state index contributed by atoms with van der Waals surface area (Å²) in [7, 11) is 1.69. The van der Waals surface area contributed by atoms with E-state index in [2.05, 4.69) is 42.6 Å². The van der Waals surface area contributed by atoms with E-state index >= 15 is 0 Å². The molecule has 3 aromatic rings. The quantitative estimate of drug-likeness (QED) is 0.757. The number of benzene rings is 2. The lowest BCUT2D eigenvalue weighted by molar-refractivity contribution is 0.415. The van der Waals surface area contributed by atoms with E-state index in [9.17, 15) is 0 Å². The Labute approximate surface area is 124 Å². The molecule has 0 spiro atoms. The summed E-state index contributed by atoms with van der Waals surface area (Å²) in [5.41, 5.74) is 2.43. The fourth-order valence-electron chi connectivity index (χ4n) is 2.42. The van der Waals surface area contributed by atoms with Gasteiger partial charge < -0.3 is 14.5 Å². The normalized spacial score (nSPS) is 12.5. The van der Waals surface area contributed by atoms with Gasteiger partial charge in [0.1, 0.15) is 5.75 Å². The van der Waals surface area contributed by atoms with E-state index in [-0.39, 0.29) is 6.04 Å². The third kappa shape index (κ3) is 3.09. The first kappa shape index (κ1) is 13.7. The smallest absolute Gasteiger partial charge is 0.119 e. The second kappa shape index (κ2) is 6.02. The second-order valence-corrected chi connectivity index (χ2v) is 5.21. The average Bonchev–Trinajstić information content (AvgIpc) is 3.05. The third-order valence-electron chi connectivity index (χ3n) is 3.76. The SMILES string of the molecule is COc1ccc2cc(C(C)NCc3ccoc3)ccc2c1. The van der Waals surface area contributed by atoms with E-state index in [4.69, 9.17) is 9.15 Å². The van der Waals surface area contributed by atoms with E-state index in [0.29, 0.717) is 0 Å². The van der Waals surface area contributed by atoms with Crippen LogP contribution in [0.1, 0.15) is 24.1 Å². The molecule has 3 rings (SSSR count). The zero-order chi connectivity index (χ0) is 14.7. The van der Waals surface area contributed by atoms with Crippen molar-refractivity contribution in [1.82, 2.24) is 5.32 Å². The van der Waals surface area contributed by atoms with Gasteiger partial charge >= 0.3 is 0 Å². The summed E-state index contributed by atoms with van der Waals surface area (Å²) in [6, 6.07) is 14.9. The first-order chi connectivity index (χ1) is 10.3. The molecule has 1 unspecified atom stereocenters. The van der Waals surface area contributed by atoms with Gasteiger partial charge in [-0.1, -0.05) is 18.2 Å². The molecule has 0 saturated carbocycles. The highest BCUT2D eigenvalue weighted by Crippen LogP contribution is 2.24. The first-order valence-electron chi connectivity index (χ1n) is 7.08. The van der Waals surface area contributed by atoms with Gasteiger partial charge in [0.15, 0.2) is 0 Å². The van der Waals surface area contributed by atoms with E-state index in [1.807, 2.05) is 12.1 Å². The molecule has 21 heavy (non-hydrogen) atoms. The topological polar surface area (TPSA) is 34.4 Å². The molecule has 0 fully saturated rings. The zero-order valence-electron chi connectivity index (χ0n) is 12.3. The first-order valence-corrected chi connectivity index (χ1v) is 7.08. The Hall–Kier alpha value is -2.26. The van der Waals surface area contributed by atoms with Crippen molar-refractivity contribution in [3.05, 3.63) is 66.1 Å². The average molecular weight is 281 g/mol. The fraction of sp³-hybridized carbons (Fsp3) is 0.222. The second-order valence-electron chi connectivity index (χ2n) is 5.21. The fourth-order valence-corrected chi connectivity index (χ4v) is 2.42. The molecule has 1 aromatic heterocycles. The van der Waals surface area contributed by atoms with Crippen LogP contribution in [0.25, 0.3) is 10.8 Å². The Morgan fingerprint density at radius 1 is 1.10 bits per heavy atom. The number of methoxy groups -OCH3 is 1. The van der Waals surface area contributed by atoms with Crippen LogP contribution >= 0.6 is 0 Å². The molecule has 0 radical (unpaired) electrons. The van der Waals surface area contributed by atoms with E-state index < -0.39 is 0 Å². The zero-order valence-corrected chi connectivity index (χ0v) is 12.3. The highest BCUT2D eigenvalue weighted by Gasteiger charge is 2.06. The molecule has 2 aromatic carbocycles. The van der Waals surface area contributed by atoms with Crippen LogP contribution in [0.4, 0.5) is 0 Å². The summed E-state index contributed by atoms with van der Waals surface area (Å²) in [5.74, 6) is 0.890. The highest BCUT2D eigenvalue weighted by molar-refractivity contribution is 5.84. The van der Waals surface area contributed by atoms with Crippen molar-refractivity contribution < 1.29 is 9.15 Å². The summed E-state index contributed by atoms with van der Waals surface area (Å²) in [4.78, 5) is 0. The number of rotatable bonds is 5. The molecule has 0 bridgehead atoms. The number of nitrogens with one attached hydrogen (secondary N) is 1. The van der Waals surface area contributed by atoms with Gasteiger partial charge in [0.25, 0.3) is 0 Å². The maximum absolute atomic E-state index is 5.26. The predicted octanol–water partition coefficient (Wildman–Crippen LogP) is 4.29. The van der Waals surface area contributed by atoms with Gasteiger partial charge in [0.2, 0.25) is 0 Å². The van der Waals surface area contributed by atoms with Crippen molar-refractivity contribution in [2.24, 2.45) is 0 Å². The van der Waals surface area contributed by atoms with E-state index in [1.54, 1.807) is 19.6 Å². The van der Waals surface area contributed by atoms with E-state index in [0.717, 1.165) is 17.9 Å². The van der Waals surface area contributed by atoms with Gasteiger partial charge in [0, 0.05) is 18.2 Å². The van der Waals surface area contributed by atoms with Gasteiger partial charge in [0.05, 0.1) is 19.6 Å². The molecule has 3 nitrogen and oxygen atoms in total. The maximum atomic E-state index is 5.26. The molecule has 0 saturated heterocycles. The lowest BCUT2D eigenvalue weighted by Crippen LogP contribution is -2.17. The van der Waals surface area contributed by atoms with Crippen molar-refractivity contribution >= 4 is 10.8 Å². The van der Waals surface area contributed by atoms with Crippen molar-refractivity contribution in [3.63, 3.8) is 0 Å².